The lowest BCUT2D eigenvalue weighted by Crippen LogP contribution is -2.04. The summed E-state index contributed by atoms with van der Waals surface area (Å²) in [6, 6.07) is 7.24. The maximum Gasteiger partial charge on any atom is 0.338 e. The molecule has 0 unspecified atom stereocenters. The molecule has 1 aromatic carbocycles. The largest absolute Gasteiger partial charge is 0.462 e. The third kappa shape index (κ3) is 3.76. The second kappa shape index (κ2) is 6.25. The molecule has 0 heterocycles. The van der Waals surface area contributed by atoms with Crippen molar-refractivity contribution in [2.75, 3.05) is 12.5 Å². The van der Waals surface area contributed by atoms with Crippen LogP contribution in [0.5, 0.6) is 0 Å². The van der Waals surface area contributed by atoms with Gasteiger partial charge >= 0.3 is 5.97 Å². The summed E-state index contributed by atoms with van der Waals surface area (Å²) in [7, 11) is 0. The van der Waals surface area contributed by atoms with Gasteiger partial charge in [-0.15, -0.1) is 11.6 Å². The van der Waals surface area contributed by atoms with Gasteiger partial charge in [-0.05, 0) is 24.6 Å². The first-order valence-electron chi connectivity index (χ1n) is 4.77. The average Bonchev–Trinajstić information content (AvgIpc) is 2.27. The van der Waals surface area contributed by atoms with Crippen molar-refractivity contribution in [1.29, 1.82) is 0 Å². The van der Waals surface area contributed by atoms with Crippen LogP contribution >= 0.6 is 11.6 Å². The van der Waals surface area contributed by atoms with Crippen LogP contribution in [0.2, 0.25) is 0 Å². The van der Waals surface area contributed by atoms with Gasteiger partial charge in [-0.1, -0.05) is 24.3 Å². The van der Waals surface area contributed by atoms with Crippen molar-refractivity contribution in [2.24, 2.45) is 0 Å². The molecule has 0 atom stereocenters. The first-order valence-corrected chi connectivity index (χ1v) is 5.31. The van der Waals surface area contributed by atoms with Gasteiger partial charge in [0.2, 0.25) is 0 Å². The smallest absolute Gasteiger partial charge is 0.338 e. The molecule has 0 radical (unpaired) electrons. The molecular formula is C12H13ClO2. The van der Waals surface area contributed by atoms with E-state index in [4.69, 9.17) is 16.3 Å². The summed E-state index contributed by atoms with van der Waals surface area (Å²) in [5.41, 5.74) is 1.51. The molecule has 0 saturated carbocycles. The quantitative estimate of drug-likeness (QED) is 0.580. The van der Waals surface area contributed by atoms with Crippen LogP contribution in [0.4, 0.5) is 0 Å². The zero-order valence-corrected chi connectivity index (χ0v) is 9.33. The van der Waals surface area contributed by atoms with Crippen molar-refractivity contribution < 1.29 is 9.53 Å². The molecule has 1 rings (SSSR count). The van der Waals surface area contributed by atoms with Gasteiger partial charge in [-0.2, -0.15) is 0 Å². The number of esters is 1. The highest BCUT2D eigenvalue weighted by molar-refractivity contribution is 6.19. The van der Waals surface area contributed by atoms with Gasteiger partial charge in [-0.3, -0.25) is 0 Å². The second-order valence-electron chi connectivity index (χ2n) is 2.90. The maximum atomic E-state index is 11.4. The van der Waals surface area contributed by atoms with Gasteiger partial charge in [0, 0.05) is 5.88 Å². The minimum absolute atomic E-state index is 0.293. The van der Waals surface area contributed by atoms with Gasteiger partial charge in [0.1, 0.15) is 0 Å². The normalized spacial score (nSPS) is 10.5. The van der Waals surface area contributed by atoms with E-state index in [1.165, 1.54) is 0 Å². The summed E-state index contributed by atoms with van der Waals surface area (Å²) >= 11 is 5.53. The molecule has 1 aromatic rings. The van der Waals surface area contributed by atoms with Gasteiger partial charge in [0.05, 0.1) is 12.2 Å². The van der Waals surface area contributed by atoms with E-state index in [0.29, 0.717) is 18.1 Å². The molecular weight excluding hydrogens is 212 g/mol. The molecule has 3 heteroatoms. The number of halogens is 1. The van der Waals surface area contributed by atoms with Crippen molar-refractivity contribution >= 4 is 23.6 Å². The minimum atomic E-state index is -0.293. The van der Waals surface area contributed by atoms with Crippen LogP contribution in [0.25, 0.3) is 6.08 Å². The Kier molecular flexibility index (Phi) is 4.91. The number of carbonyl (C=O) groups excluding carboxylic acids is 1. The number of hydrogen-bond donors (Lipinski definition) is 0. The van der Waals surface area contributed by atoms with Crippen LogP contribution in [0.3, 0.4) is 0 Å². The number of allylic oxidation sites excluding steroid dienone is 1. The Bertz CT molecular complexity index is 358. The number of hydrogen-bond acceptors (Lipinski definition) is 2. The predicted molar refractivity (Wildman–Crippen MR) is 62.2 cm³/mol. The molecule has 0 fully saturated rings. The Hall–Kier alpha value is -1.28. The summed E-state index contributed by atoms with van der Waals surface area (Å²) in [5.74, 6) is 0.169. The lowest BCUT2D eigenvalue weighted by atomic mass is 10.1. The zero-order valence-electron chi connectivity index (χ0n) is 8.57. The Morgan fingerprint density at radius 3 is 3.00 bits per heavy atom. The van der Waals surface area contributed by atoms with Gasteiger partial charge in [0.15, 0.2) is 0 Å². The number of alkyl halides is 1. The summed E-state index contributed by atoms with van der Waals surface area (Å²) in [4.78, 5) is 11.4. The molecule has 0 N–H and O–H groups in total. The molecule has 0 aromatic heterocycles. The van der Waals surface area contributed by atoms with E-state index < -0.39 is 0 Å². The SMILES string of the molecule is CCOC(=O)c1cccc(C=CCCl)c1. The Labute approximate surface area is 94.5 Å². The molecule has 0 amide bonds. The third-order valence-electron chi connectivity index (χ3n) is 1.80. The molecule has 0 aliphatic carbocycles. The monoisotopic (exact) mass is 224 g/mol. The Morgan fingerprint density at radius 1 is 1.53 bits per heavy atom. The van der Waals surface area contributed by atoms with E-state index in [2.05, 4.69) is 0 Å². The summed E-state index contributed by atoms with van der Waals surface area (Å²) in [6.07, 6.45) is 3.70. The fourth-order valence-corrected chi connectivity index (χ4v) is 1.25. The van der Waals surface area contributed by atoms with Crippen molar-refractivity contribution in [2.45, 2.75) is 6.92 Å². The first kappa shape index (κ1) is 11.8. The third-order valence-corrected chi connectivity index (χ3v) is 1.98. The molecule has 15 heavy (non-hydrogen) atoms. The molecule has 0 spiro atoms. The lowest BCUT2D eigenvalue weighted by molar-refractivity contribution is 0.0526. The molecule has 80 valence electrons. The molecule has 0 aliphatic rings. The Morgan fingerprint density at radius 2 is 2.33 bits per heavy atom. The fraction of sp³-hybridized carbons (Fsp3) is 0.250. The summed E-state index contributed by atoms with van der Waals surface area (Å²) in [6.45, 7) is 2.18. The lowest BCUT2D eigenvalue weighted by Gasteiger charge is -2.02. The van der Waals surface area contributed by atoms with Crippen molar-refractivity contribution in [3.05, 3.63) is 41.5 Å². The van der Waals surface area contributed by atoms with Crippen molar-refractivity contribution in [3.63, 3.8) is 0 Å². The van der Waals surface area contributed by atoms with Crippen LogP contribution < -0.4 is 0 Å². The molecule has 0 aliphatic heterocycles. The van der Waals surface area contributed by atoms with Crippen LogP contribution in [0.1, 0.15) is 22.8 Å². The summed E-state index contributed by atoms with van der Waals surface area (Å²) in [5, 5.41) is 0. The molecule has 0 saturated heterocycles. The molecule has 2 nitrogen and oxygen atoms in total. The summed E-state index contributed by atoms with van der Waals surface area (Å²) < 4.78 is 4.90. The highest BCUT2D eigenvalue weighted by Crippen LogP contribution is 2.08. The topological polar surface area (TPSA) is 26.3 Å². The average molecular weight is 225 g/mol. The van der Waals surface area contributed by atoms with Gasteiger partial charge < -0.3 is 4.74 Å². The zero-order chi connectivity index (χ0) is 11.1. The van der Waals surface area contributed by atoms with E-state index in [1.54, 1.807) is 19.1 Å². The van der Waals surface area contributed by atoms with E-state index in [1.807, 2.05) is 24.3 Å². The van der Waals surface area contributed by atoms with E-state index >= 15 is 0 Å². The maximum absolute atomic E-state index is 11.4. The number of ether oxygens (including phenoxy) is 1. The number of rotatable bonds is 4. The Balaban J connectivity index is 2.82. The first-order chi connectivity index (χ1) is 7.27. The van der Waals surface area contributed by atoms with Crippen molar-refractivity contribution in [3.8, 4) is 0 Å². The predicted octanol–water partition coefficient (Wildman–Crippen LogP) is 3.12. The van der Waals surface area contributed by atoms with Crippen LogP contribution in [0.15, 0.2) is 30.3 Å². The van der Waals surface area contributed by atoms with Crippen LogP contribution in [0, 0.1) is 0 Å². The van der Waals surface area contributed by atoms with E-state index in [-0.39, 0.29) is 5.97 Å². The highest BCUT2D eigenvalue weighted by Gasteiger charge is 2.05. The molecule has 0 bridgehead atoms. The van der Waals surface area contributed by atoms with E-state index in [9.17, 15) is 4.79 Å². The van der Waals surface area contributed by atoms with Crippen LogP contribution in [-0.4, -0.2) is 18.5 Å². The number of benzene rings is 1. The van der Waals surface area contributed by atoms with Gasteiger partial charge in [-0.25, -0.2) is 4.79 Å². The fourth-order valence-electron chi connectivity index (χ4n) is 1.16. The standard InChI is InChI=1S/C12H13ClO2/c1-2-15-12(14)11-7-3-5-10(9-11)6-4-8-13/h3-7,9H,2,8H2,1H3. The minimum Gasteiger partial charge on any atom is -0.462 e. The number of carbonyl (C=O) groups is 1. The van der Waals surface area contributed by atoms with Crippen molar-refractivity contribution in [1.82, 2.24) is 0 Å². The van der Waals surface area contributed by atoms with Gasteiger partial charge in [0.25, 0.3) is 0 Å². The second-order valence-corrected chi connectivity index (χ2v) is 3.21. The highest BCUT2D eigenvalue weighted by atomic mass is 35.5. The van der Waals surface area contributed by atoms with E-state index in [0.717, 1.165) is 5.56 Å². The van der Waals surface area contributed by atoms with Crippen LogP contribution in [-0.2, 0) is 4.74 Å².